The molecule has 0 atom stereocenters. The molecule has 0 spiro atoms. The third-order valence-electron chi connectivity index (χ3n) is 3.27. The van der Waals surface area contributed by atoms with Gasteiger partial charge in [-0.3, -0.25) is 4.79 Å². The highest BCUT2D eigenvalue weighted by molar-refractivity contribution is 5.95. The van der Waals surface area contributed by atoms with Gasteiger partial charge in [0.2, 0.25) is 5.91 Å². The number of amides is 1. The van der Waals surface area contributed by atoms with E-state index in [0.717, 1.165) is 16.8 Å². The number of aryl methyl sites for hydroxylation is 3. The summed E-state index contributed by atoms with van der Waals surface area (Å²) in [5.74, 6) is -0.126. The molecule has 112 valence electrons. The minimum atomic E-state index is -0.126. The van der Waals surface area contributed by atoms with Gasteiger partial charge >= 0.3 is 0 Å². The smallest absolute Gasteiger partial charge is 0.243 e. The van der Waals surface area contributed by atoms with Gasteiger partial charge < -0.3 is 10.6 Å². The predicted octanol–water partition coefficient (Wildman–Crippen LogP) is 2.93. The van der Waals surface area contributed by atoms with Crippen LogP contribution in [0.4, 0.5) is 11.4 Å². The van der Waals surface area contributed by atoms with Crippen molar-refractivity contribution in [2.75, 3.05) is 17.2 Å². The lowest BCUT2D eigenvalue weighted by Gasteiger charge is -2.13. The first-order valence-electron chi connectivity index (χ1n) is 6.97. The van der Waals surface area contributed by atoms with Gasteiger partial charge in [0.15, 0.2) is 0 Å². The molecule has 0 bridgehead atoms. The number of nitriles is 1. The Morgan fingerprint density at radius 2 is 1.91 bits per heavy atom. The Bertz CT molecular complexity index is 706. The first-order valence-corrected chi connectivity index (χ1v) is 6.97. The van der Waals surface area contributed by atoms with Crippen molar-refractivity contribution in [3.05, 3.63) is 52.8 Å². The third kappa shape index (κ3) is 3.83. The Morgan fingerprint density at radius 3 is 2.45 bits per heavy atom. The van der Waals surface area contributed by atoms with Gasteiger partial charge in [0.05, 0.1) is 18.4 Å². The number of nitrogens with zero attached hydrogens (tertiary/aromatic N) is 2. The summed E-state index contributed by atoms with van der Waals surface area (Å²) in [6.07, 6.45) is 1.54. The zero-order valence-electron chi connectivity index (χ0n) is 12.9. The largest absolute Gasteiger partial charge is 0.375 e. The lowest BCUT2D eigenvalue weighted by atomic mass is 10.1. The van der Waals surface area contributed by atoms with Crippen molar-refractivity contribution >= 4 is 17.3 Å². The van der Waals surface area contributed by atoms with Gasteiger partial charge in [-0.1, -0.05) is 17.7 Å². The standard InChI is InChI=1S/C17H18N4O/c1-11-6-12(2)17(13(3)7-11)21-16(22)10-20-15-5-4-14(8-18)19-9-15/h4-7,9,20H,10H2,1-3H3,(H,21,22). The summed E-state index contributed by atoms with van der Waals surface area (Å²) in [6, 6.07) is 9.36. The van der Waals surface area contributed by atoms with Gasteiger partial charge in [-0.05, 0) is 44.0 Å². The second-order valence-corrected chi connectivity index (χ2v) is 5.22. The number of rotatable bonds is 4. The summed E-state index contributed by atoms with van der Waals surface area (Å²) < 4.78 is 0. The SMILES string of the molecule is Cc1cc(C)c(NC(=O)CNc2ccc(C#N)nc2)c(C)c1. The molecule has 2 rings (SSSR count). The number of carbonyl (C=O) groups excluding carboxylic acids is 1. The van der Waals surface area contributed by atoms with Crippen LogP contribution in [0.15, 0.2) is 30.5 Å². The Hall–Kier alpha value is -2.87. The second kappa shape index (κ2) is 6.72. The first kappa shape index (κ1) is 15.5. The molecule has 22 heavy (non-hydrogen) atoms. The molecule has 1 amide bonds. The van der Waals surface area contributed by atoms with E-state index in [0.29, 0.717) is 11.4 Å². The molecule has 0 unspecified atom stereocenters. The van der Waals surface area contributed by atoms with E-state index in [2.05, 4.69) is 15.6 Å². The second-order valence-electron chi connectivity index (χ2n) is 5.22. The number of anilines is 2. The molecule has 5 nitrogen and oxygen atoms in total. The van der Waals surface area contributed by atoms with E-state index < -0.39 is 0 Å². The van der Waals surface area contributed by atoms with Crippen LogP contribution in [0.3, 0.4) is 0 Å². The fourth-order valence-corrected chi connectivity index (χ4v) is 2.31. The number of carbonyl (C=O) groups is 1. The minimum absolute atomic E-state index is 0.126. The summed E-state index contributed by atoms with van der Waals surface area (Å²) in [7, 11) is 0. The van der Waals surface area contributed by atoms with Crippen molar-refractivity contribution in [2.45, 2.75) is 20.8 Å². The number of hydrogen-bond acceptors (Lipinski definition) is 4. The summed E-state index contributed by atoms with van der Waals surface area (Å²) in [6.45, 7) is 6.13. The number of nitrogens with one attached hydrogen (secondary N) is 2. The zero-order chi connectivity index (χ0) is 16.1. The van der Waals surface area contributed by atoms with E-state index in [9.17, 15) is 4.79 Å². The van der Waals surface area contributed by atoms with Gasteiger partial charge in [-0.25, -0.2) is 4.98 Å². The topological polar surface area (TPSA) is 77.8 Å². The van der Waals surface area contributed by atoms with Crippen LogP contribution in [0.25, 0.3) is 0 Å². The number of hydrogen-bond donors (Lipinski definition) is 2. The summed E-state index contributed by atoms with van der Waals surface area (Å²) >= 11 is 0. The summed E-state index contributed by atoms with van der Waals surface area (Å²) in [5.41, 5.74) is 5.18. The van der Waals surface area contributed by atoms with Crippen LogP contribution in [0, 0.1) is 32.1 Å². The van der Waals surface area contributed by atoms with Crippen LogP contribution in [-0.2, 0) is 4.79 Å². The van der Waals surface area contributed by atoms with Crippen molar-refractivity contribution < 1.29 is 4.79 Å². The molecular formula is C17H18N4O. The van der Waals surface area contributed by atoms with Crippen LogP contribution in [0.1, 0.15) is 22.4 Å². The van der Waals surface area contributed by atoms with Crippen LogP contribution >= 0.6 is 0 Å². The van der Waals surface area contributed by atoms with Crippen LogP contribution in [0.5, 0.6) is 0 Å². The number of benzene rings is 1. The molecule has 1 heterocycles. The number of aromatic nitrogens is 1. The van der Waals surface area contributed by atoms with Crippen molar-refractivity contribution in [3.8, 4) is 6.07 Å². The van der Waals surface area contributed by atoms with Crippen molar-refractivity contribution in [1.82, 2.24) is 4.98 Å². The summed E-state index contributed by atoms with van der Waals surface area (Å²) in [4.78, 5) is 16.0. The molecule has 0 saturated heterocycles. The Labute approximate surface area is 130 Å². The average molecular weight is 294 g/mol. The van der Waals surface area contributed by atoms with E-state index in [1.54, 1.807) is 12.1 Å². The lowest BCUT2D eigenvalue weighted by Crippen LogP contribution is -2.22. The van der Waals surface area contributed by atoms with Gasteiger partial charge in [0.25, 0.3) is 0 Å². The monoisotopic (exact) mass is 294 g/mol. The van der Waals surface area contributed by atoms with Crippen LogP contribution in [0.2, 0.25) is 0 Å². The van der Waals surface area contributed by atoms with Gasteiger partial charge in [0.1, 0.15) is 11.8 Å². The van der Waals surface area contributed by atoms with E-state index in [-0.39, 0.29) is 12.5 Å². The van der Waals surface area contributed by atoms with Crippen molar-refractivity contribution in [1.29, 1.82) is 5.26 Å². The molecule has 0 fully saturated rings. The highest BCUT2D eigenvalue weighted by Crippen LogP contribution is 2.21. The fourth-order valence-electron chi connectivity index (χ4n) is 2.31. The van der Waals surface area contributed by atoms with E-state index >= 15 is 0 Å². The molecule has 1 aromatic carbocycles. The van der Waals surface area contributed by atoms with Crippen LogP contribution < -0.4 is 10.6 Å². The maximum atomic E-state index is 12.1. The van der Waals surface area contributed by atoms with E-state index in [1.807, 2.05) is 39.0 Å². The minimum Gasteiger partial charge on any atom is -0.375 e. The van der Waals surface area contributed by atoms with Crippen molar-refractivity contribution in [3.63, 3.8) is 0 Å². The van der Waals surface area contributed by atoms with E-state index in [1.165, 1.54) is 11.8 Å². The molecular weight excluding hydrogens is 276 g/mol. The molecule has 5 heteroatoms. The molecule has 0 saturated carbocycles. The maximum absolute atomic E-state index is 12.1. The zero-order valence-corrected chi connectivity index (χ0v) is 12.9. The lowest BCUT2D eigenvalue weighted by molar-refractivity contribution is -0.114. The van der Waals surface area contributed by atoms with Gasteiger partial charge in [0, 0.05) is 5.69 Å². The summed E-state index contributed by atoms with van der Waals surface area (Å²) in [5, 5.41) is 14.6. The van der Waals surface area contributed by atoms with Gasteiger partial charge in [-0.2, -0.15) is 5.26 Å². The normalized spacial score (nSPS) is 9.91. The van der Waals surface area contributed by atoms with E-state index in [4.69, 9.17) is 5.26 Å². The maximum Gasteiger partial charge on any atom is 0.243 e. The molecule has 2 N–H and O–H groups in total. The highest BCUT2D eigenvalue weighted by atomic mass is 16.1. The Morgan fingerprint density at radius 1 is 1.23 bits per heavy atom. The van der Waals surface area contributed by atoms with Crippen molar-refractivity contribution in [2.24, 2.45) is 0 Å². The Balaban J connectivity index is 1.97. The Kier molecular flexibility index (Phi) is 4.74. The first-order chi connectivity index (χ1) is 10.5. The van der Waals surface area contributed by atoms with Crippen LogP contribution in [-0.4, -0.2) is 17.4 Å². The quantitative estimate of drug-likeness (QED) is 0.908. The average Bonchev–Trinajstić information content (AvgIpc) is 2.49. The van der Waals surface area contributed by atoms with Gasteiger partial charge in [-0.15, -0.1) is 0 Å². The molecule has 2 aromatic rings. The molecule has 1 aromatic heterocycles. The number of pyridine rings is 1. The third-order valence-corrected chi connectivity index (χ3v) is 3.27. The molecule has 0 aliphatic carbocycles. The molecule has 0 aliphatic heterocycles. The highest BCUT2D eigenvalue weighted by Gasteiger charge is 2.08. The fraction of sp³-hybridized carbons (Fsp3) is 0.235. The molecule has 0 aliphatic rings. The predicted molar refractivity (Wildman–Crippen MR) is 86.7 cm³/mol. The molecule has 0 radical (unpaired) electrons.